The molecule has 1 aromatic heterocycles. The van der Waals surface area contributed by atoms with Gasteiger partial charge in [0.25, 0.3) is 5.91 Å². The van der Waals surface area contributed by atoms with Gasteiger partial charge in [-0.2, -0.15) is 0 Å². The fourth-order valence-electron chi connectivity index (χ4n) is 3.29. The van der Waals surface area contributed by atoms with Gasteiger partial charge in [0.2, 0.25) is 0 Å². The fraction of sp³-hybridized carbons (Fsp3) is 0.150. The first-order chi connectivity index (χ1) is 11.8. The minimum absolute atomic E-state index is 0.0678. The standard InChI is InChI=1S/C20H18N2O2/c23-11-10-22-13-14(15-6-4-5-9-19(15)22)12-17-16-7-2-1-3-8-18(16)21-20(17)24/h1,3-9,12-13,23H,2,10-11H2,(H,21,24)/b17-12-. The summed E-state index contributed by atoms with van der Waals surface area (Å²) in [6.45, 7) is 0.618. The lowest BCUT2D eigenvalue weighted by atomic mass is 10.0. The minimum atomic E-state index is -0.0678. The zero-order valence-corrected chi connectivity index (χ0v) is 13.2. The number of hydrogen-bond donors (Lipinski definition) is 2. The van der Waals surface area contributed by atoms with Crippen LogP contribution in [0.15, 0.2) is 71.6 Å². The number of aliphatic hydroxyl groups is 1. The van der Waals surface area contributed by atoms with Crippen molar-refractivity contribution >= 4 is 22.9 Å². The van der Waals surface area contributed by atoms with Crippen molar-refractivity contribution in [3.05, 3.63) is 77.2 Å². The van der Waals surface area contributed by atoms with Gasteiger partial charge in [0.1, 0.15) is 0 Å². The second kappa shape index (κ2) is 5.98. The number of aromatic nitrogens is 1. The summed E-state index contributed by atoms with van der Waals surface area (Å²) in [4.78, 5) is 12.4. The Morgan fingerprint density at radius 1 is 1.29 bits per heavy atom. The molecule has 2 aliphatic rings. The quantitative estimate of drug-likeness (QED) is 0.855. The van der Waals surface area contributed by atoms with Gasteiger partial charge in [-0.1, -0.05) is 36.4 Å². The van der Waals surface area contributed by atoms with E-state index in [1.807, 2.05) is 53.3 Å². The molecule has 1 aliphatic carbocycles. The van der Waals surface area contributed by atoms with Crippen LogP contribution < -0.4 is 5.32 Å². The first-order valence-corrected chi connectivity index (χ1v) is 8.07. The zero-order chi connectivity index (χ0) is 16.5. The van der Waals surface area contributed by atoms with Gasteiger partial charge in [-0.05, 0) is 24.6 Å². The van der Waals surface area contributed by atoms with E-state index in [9.17, 15) is 9.90 Å². The largest absolute Gasteiger partial charge is 0.395 e. The van der Waals surface area contributed by atoms with Crippen LogP contribution >= 0.6 is 0 Å². The Morgan fingerprint density at radius 2 is 2.17 bits per heavy atom. The second-order valence-corrected chi connectivity index (χ2v) is 5.89. The number of amides is 1. The van der Waals surface area contributed by atoms with E-state index in [4.69, 9.17) is 0 Å². The molecule has 2 N–H and O–H groups in total. The molecule has 2 aromatic rings. The lowest BCUT2D eigenvalue weighted by Gasteiger charge is -2.00. The summed E-state index contributed by atoms with van der Waals surface area (Å²) in [5.74, 6) is -0.0678. The molecule has 0 unspecified atom stereocenters. The number of aliphatic hydroxyl groups excluding tert-OH is 1. The molecule has 4 nitrogen and oxygen atoms in total. The molecule has 2 heterocycles. The minimum Gasteiger partial charge on any atom is -0.395 e. The number of para-hydroxylation sites is 1. The number of nitrogens with one attached hydrogen (secondary N) is 1. The Kier molecular flexibility index (Phi) is 3.67. The van der Waals surface area contributed by atoms with E-state index in [1.54, 1.807) is 0 Å². The van der Waals surface area contributed by atoms with Crippen molar-refractivity contribution in [1.82, 2.24) is 9.88 Å². The highest BCUT2D eigenvalue weighted by Crippen LogP contribution is 2.31. The highest BCUT2D eigenvalue weighted by Gasteiger charge is 2.27. The number of fused-ring (bicyclic) bond motifs is 2. The normalized spacial score (nSPS) is 18.4. The van der Waals surface area contributed by atoms with Crippen molar-refractivity contribution in [3.63, 3.8) is 0 Å². The van der Waals surface area contributed by atoms with Crippen LogP contribution in [0.3, 0.4) is 0 Å². The number of hydrogen-bond acceptors (Lipinski definition) is 2. The molecule has 120 valence electrons. The summed E-state index contributed by atoms with van der Waals surface area (Å²) in [5.41, 5.74) is 4.56. The van der Waals surface area contributed by atoms with E-state index in [2.05, 4.69) is 17.5 Å². The molecule has 1 aliphatic heterocycles. The van der Waals surface area contributed by atoms with E-state index >= 15 is 0 Å². The SMILES string of the molecule is O=C1NC2=CC=CCC=C2/C1=C/c1cn(CCO)c2ccccc12. The molecule has 4 rings (SSSR count). The van der Waals surface area contributed by atoms with Crippen LogP contribution in [0.4, 0.5) is 0 Å². The van der Waals surface area contributed by atoms with Crippen molar-refractivity contribution in [2.75, 3.05) is 6.61 Å². The molecule has 0 atom stereocenters. The molecule has 1 aromatic carbocycles. The molecule has 1 saturated heterocycles. The van der Waals surface area contributed by atoms with E-state index in [-0.39, 0.29) is 12.5 Å². The third-order valence-corrected chi connectivity index (χ3v) is 4.39. The lowest BCUT2D eigenvalue weighted by Crippen LogP contribution is -2.13. The molecule has 0 radical (unpaired) electrons. The maximum Gasteiger partial charge on any atom is 0.256 e. The van der Waals surface area contributed by atoms with Gasteiger partial charge in [0.15, 0.2) is 0 Å². The Balaban J connectivity index is 1.85. The van der Waals surface area contributed by atoms with Crippen LogP contribution in [0.25, 0.3) is 17.0 Å². The van der Waals surface area contributed by atoms with Gasteiger partial charge in [-0.3, -0.25) is 4.79 Å². The molecule has 1 fully saturated rings. The number of allylic oxidation sites excluding steroid dienone is 5. The summed E-state index contributed by atoms with van der Waals surface area (Å²) < 4.78 is 2.02. The van der Waals surface area contributed by atoms with Crippen LogP contribution in [0.5, 0.6) is 0 Å². The first-order valence-electron chi connectivity index (χ1n) is 8.07. The van der Waals surface area contributed by atoms with Crippen LogP contribution in [0.2, 0.25) is 0 Å². The van der Waals surface area contributed by atoms with Crippen molar-refractivity contribution in [3.8, 4) is 0 Å². The topological polar surface area (TPSA) is 54.3 Å². The lowest BCUT2D eigenvalue weighted by molar-refractivity contribution is -0.115. The predicted molar refractivity (Wildman–Crippen MR) is 95.1 cm³/mol. The molecule has 1 amide bonds. The van der Waals surface area contributed by atoms with Crippen molar-refractivity contribution in [2.24, 2.45) is 0 Å². The maximum atomic E-state index is 12.4. The Labute approximate surface area is 140 Å². The van der Waals surface area contributed by atoms with E-state index in [0.29, 0.717) is 12.1 Å². The van der Waals surface area contributed by atoms with Crippen molar-refractivity contribution in [1.29, 1.82) is 0 Å². The molecule has 24 heavy (non-hydrogen) atoms. The van der Waals surface area contributed by atoms with E-state index < -0.39 is 0 Å². The van der Waals surface area contributed by atoms with Gasteiger partial charge in [0, 0.05) is 46.1 Å². The summed E-state index contributed by atoms with van der Waals surface area (Å²) in [5, 5.41) is 13.3. The highest BCUT2D eigenvalue weighted by molar-refractivity contribution is 6.10. The number of benzene rings is 1. The summed E-state index contributed by atoms with van der Waals surface area (Å²) in [6, 6.07) is 8.04. The molecular formula is C20H18N2O2. The number of nitrogens with zero attached hydrogens (tertiary/aromatic N) is 1. The zero-order valence-electron chi connectivity index (χ0n) is 13.2. The molecular weight excluding hydrogens is 300 g/mol. The Hall–Kier alpha value is -2.85. The van der Waals surface area contributed by atoms with Gasteiger partial charge in [-0.15, -0.1) is 0 Å². The first kappa shape index (κ1) is 14.7. The Bertz CT molecular complexity index is 942. The van der Waals surface area contributed by atoms with Gasteiger partial charge in [-0.25, -0.2) is 0 Å². The third kappa shape index (κ3) is 2.41. The molecule has 0 spiro atoms. The summed E-state index contributed by atoms with van der Waals surface area (Å²) in [7, 11) is 0. The highest BCUT2D eigenvalue weighted by atomic mass is 16.3. The molecule has 0 saturated carbocycles. The van der Waals surface area contributed by atoms with Crippen LogP contribution in [0, 0.1) is 0 Å². The van der Waals surface area contributed by atoms with Crippen LogP contribution in [-0.4, -0.2) is 22.2 Å². The summed E-state index contributed by atoms with van der Waals surface area (Å²) in [6.07, 6.45) is 12.8. The van der Waals surface area contributed by atoms with Crippen LogP contribution in [-0.2, 0) is 11.3 Å². The average Bonchev–Trinajstić information content (AvgIpc) is 2.97. The van der Waals surface area contributed by atoms with Crippen molar-refractivity contribution < 1.29 is 9.90 Å². The molecule has 4 heteroatoms. The van der Waals surface area contributed by atoms with E-state index in [1.165, 1.54) is 0 Å². The van der Waals surface area contributed by atoms with Crippen molar-refractivity contribution in [2.45, 2.75) is 13.0 Å². The van der Waals surface area contributed by atoms with Gasteiger partial charge >= 0.3 is 0 Å². The van der Waals surface area contributed by atoms with E-state index in [0.717, 1.165) is 34.2 Å². The van der Waals surface area contributed by atoms with Crippen LogP contribution in [0.1, 0.15) is 12.0 Å². The van der Waals surface area contributed by atoms with Gasteiger partial charge in [0.05, 0.1) is 6.61 Å². The molecule has 0 bridgehead atoms. The second-order valence-electron chi connectivity index (χ2n) is 5.89. The number of rotatable bonds is 3. The predicted octanol–water partition coefficient (Wildman–Crippen LogP) is 2.92. The summed E-state index contributed by atoms with van der Waals surface area (Å²) >= 11 is 0. The average molecular weight is 318 g/mol. The number of carbonyl (C=O) groups is 1. The Morgan fingerprint density at radius 3 is 3.04 bits per heavy atom. The maximum absolute atomic E-state index is 12.4. The number of carbonyl (C=O) groups excluding carboxylic acids is 1. The monoisotopic (exact) mass is 318 g/mol. The third-order valence-electron chi connectivity index (χ3n) is 4.39. The fourth-order valence-corrected chi connectivity index (χ4v) is 3.29. The smallest absolute Gasteiger partial charge is 0.256 e. The van der Waals surface area contributed by atoms with Gasteiger partial charge < -0.3 is 15.0 Å².